The Kier molecular flexibility index (Phi) is 4.74. The summed E-state index contributed by atoms with van der Waals surface area (Å²) in [6.07, 6.45) is 1.80. The molecular weight excluding hydrogens is 306 g/mol. The molecule has 22 heavy (non-hydrogen) atoms. The molecule has 0 unspecified atom stereocenters. The van der Waals surface area contributed by atoms with E-state index in [2.05, 4.69) is 6.92 Å². The second-order valence-electron chi connectivity index (χ2n) is 5.49. The van der Waals surface area contributed by atoms with Crippen LogP contribution in [0, 0.1) is 0 Å². The summed E-state index contributed by atoms with van der Waals surface area (Å²) >= 11 is 6.26. The van der Waals surface area contributed by atoms with Crippen molar-refractivity contribution in [1.29, 1.82) is 0 Å². The van der Waals surface area contributed by atoms with Gasteiger partial charge < -0.3 is 19.1 Å². The van der Waals surface area contributed by atoms with Gasteiger partial charge in [-0.3, -0.25) is 4.79 Å². The highest BCUT2D eigenvalue weighted by Crippen LogP contribution is 2.38. The lowest BCUT2D eigenvalue weighted by Gasteiger charge is -2.32. The summed E-state index contributed by atoms with van der Waals surface area (Å²) in [5.74, 6) is 1.04. The molecule has 0 spiro atoms. The Bertz CT molecular complexity index is 563. The summed E-state index contributed by atoms with van der Waals surface area (Å²) in [6.45, 7) is 4.98. The molecule has 0 aliphatic carbocycles. The molecule has 0 bridgehead atoms. The van der Waals surface area contributed by atoms with Crippen LogP contribution in [0.1, 0.15) is 30.1 Å². The van der Waals surface area contributed by atoms with Crippen molar-refractivity contribution in [3.63, 3.8) is 0 Å². The van der Waals surface area contributed by atoms with E-state index in [0.717, 1.165) is 12.8 Å². The van der Waals surface area contributed by atoms with Crippen molar-refractivity contribution < 1.29 is 19.0 Å². The van der Waals surface area contributed by atoms with Crippen LogP contribution < -0.4 is 9.47 Å². The topological polar surface area (TPSA) is 48.0 Å². The van der Waals surface area contributed by atoms with Crippen LogP contribution in [-0.2, 0) is 4.74 Å². The number of hydrogen-bond donors (Lipinski definition) is 0. The molecule has 2 heterocycles. The van der Waals surface area contributed by atoms with Crippen molar-refractivity contribution in [2.24, 2.45) is 0 Å². The molecule has 3 rings (SSSR count). The van der Waals surface area contributed by atoms with E-state index in [4.69, 9.17) is 25.8 Å². The van der Waals surface area contributed by atoms with Crippen molar-refractivity contribution in [3.8, 4) is 11.5 Å². The molecule has 0 N–H and O–H groups in total. The zero-order valence-electron chi connectivity index (χ0n) is 12.6. The molecule has 2 aliphatic rings. The highest BCUT2D eigenvalue weighted by molar-refractivity contribution is 6.32. The van der Waals surface area contributed by atoms with Gasteiger partial charge in [-0.1, -0.05) is 18.5 Å². The standard InChI is InChI=1S/C16H20ClNO4/c1-2-12-10-18(4-7-20-12)16(19)11-8-13(17)15-14(9-11)21-5-3-6-22-15/h8-9,12H,2-7,10H2,1H3/t12-/m0/s1. The Balaban J connectivity index is 1.83. The lowest BCUT2D eigenvalue weighted by Crippen LogP contribution is -2.45. The van der Waals surface area contributed by atoms with Gasteiger partial charge in [-0.15, -0.1) is 0 Å². The first-order valence-corrected chi connectivity index (χ1v) is 8.07. The summed E-state index contributed by atoms with van der Waals surface area (Å²) in [7, 11) is 0. The minimum absolute atomic E-state index is 0.0423. The van der Waals surface area contributed by atoms with Gasteiger partial charge in [0.2, 0.25) is 0 Å². The van der Waals surface area contributed by atoms with E-state index in [1.165, 1.54) is 0 Å². The molecule has 1 saturated heterocycles. The predicted octanol–water partition coefficient (Wildman–Crippen LogP) is 2.75. The lowest BCUT2D eigenvalue weighted by molar-refractivity contribution is -0.0226. The smallest absolute Gasteiger partial charge is 0.254 e. The normalized spacial score (nSPS) is 21.4. The van der Waals surface area contributed by atoms with E-state index in [9.17, 15) is 4.79 Å². The van der Waals surface area contributed by atoms with E-state index in [-0.39, 0.29) is 12.0 Å². The van der Waals surface area contributed by atoms with Gasteiger partial charge in [0.05, 0.1) is 30.9 Å². The Morgan fingerprint density at radius 2 is 2.14 bits per heavy atom. The Morgan fingerprint density at radius 1 is 1.32 bits per heavy atom. The van der Waals surface area contributed by atoms with Gasteiger partial charge in [0, 0.05) is 25.1 Å². The molecule has 1 atom stereocenters. The van der Waals surface area contributed by atoms with Gasteiger partial charge in [0.25, 0.3) is 5.91 Å². The number of rotatable bonds is 2. The molecule has 0 saturated carbocycles. The maximum Gasteiger partial charge on any atom is 0.254 e. The van der Waals surface area contributed by atoms with Crippen LogP contribution in [0.4, 0.5) is 0 Å². The molecule has 5 nitrogen and oxygen atoms in total. The molecule has 0 radical (unpaired) electrons. The average molecular weight is 326 g/mol. The van der Waals surface area contributed by atoms with E-state index >= 15 is 0 Å². The van der Waals surface area contributed by atoms with Crippen LogP contribution >= 0.6 is 11.6 Å². The number of carbonyl (C=O) groups excluding carboxylic acids is 1. The van der Waals surface area contributed by atoms with Gasteiger partial charge in [-0.25, -0.2) is 0 Å². The number of ether oxygens (including phenoxy) is 3. The quantitative estimate of drug-likeness (QED) is 0.839. The second-order valence-corrected chi connectivity index (χ2v) is 5.90. The number of benzene rings is 1. The van der Waals surface area contributed by atoms with Crippen molar-refractivity contribution in [3.05, 3.63) is 22.7 Å². The fourth-order valence-corrected chi connectivity index (χ4v) is 2.95. The lowest BCUT2D eigenvalue weighted by atomic mass is 10.1. The van der Waals surface area contributed by atoms with Crippen molar-refractivity contribution in [2.45, 2.75) is 25.9 Å². The summed E-state index contributed by atoms with van der Waals surface area (Å²) in [4.78, 5) is 14.5. The number of fused-ring (bicyclic) bond motifs is 1. The third-order valence-electron chi connectivity index (χ3n) is 3.93. The predicted molar refractivity (Wildman–Crippen MR) is 83.0 cm³/mol. The average Bonchev–Trinajstić information content (AvgIpc) is 2.80. The SMILES string of the molecule is CC[C@H]1CN(C(=O)c2cc(Cl)c3c(c2)OCCCO3)CCO1. The van der Waals surface area contributed by atoms with E-state index in [1.807, 2.05) is 4.90 Å². The van der Waals surface area contributed by atoms with E-state index in [1.54, 1.807) is 12.1 Å². The first-order valence-electron chi connectivity index (χ1n) is 7.69. The number of halogens is 1. The zero-order valence-corrected chi connectivity index (χ0v) is 13.4. The monoisotopic (exact) mass is 325 g/mol. The first kappa shape index (κ1) is 15.4. The minimum Gasteiger partial charge on any atom is -0.489 e. The highest BCUT2D eigenvalue weighted by atomic mass is 35.5. The Hall–Kier alpha value is -1.46. The van der Waals surface area contributed by atoms with Gasteiger partial charge in [-0.2, -0.15) is 0 Å². The fourth-order valence-electron chi connectivity index (χ4n) is 2.69. The van der Waals surface area contributed by atoms with Gasteiger partial charge in [-0.05, 0) is 18.6 Å². The van der Waals surface area contributed by atoms with Crippen LogP contribution in [0.25, 0.3) is 0 Å². The molecule has 6 heteroatoms. The molecule has 0 aromatic heterocycles. The van der Waals surface area contributed by atoms with Gasteiger partial charge in [0.15, 0.2) is 11.5 Å². The van der Waals surface area contributed by atoms with Crippen LogP contribution in [0.15, 0.2) is 12.1 Å². The second kappa shape index (κ2) is 6.75. The fraction of sp³-hybridized carbons (Fsp3) is 0.562. The number of morpholine rings is 1. The maximum absolute atomic E-state index is 12.7. The Labute approximate surface area is 135 Å². The zero-order chi connectivity index (χ0) is 15.5. The number of carbonyl (C=O) groups is 1. The summed E-state index contributed by atoms with van der Waals surface area (Å²) in [6, 6.07) is 3.39. The largest absolute Gasteiger partial charge is 0.489 e. The first-order chi connectivity index (χ1) is 10.7. The Morgan fingerprint density at radius 3 is 2.95 bits per heavy atom. The summed E-state index contributed by atoms with van der Waals surface area (Å²) < 4.78 is 16.8. The van der Waals surface area contributed by atoms with Crippen LogP contribution in [-0.4, -0.2) is 49.8 Å². The number of nitrogens with zero attached hydrogens (tertiary/aromatic N) is 1. The number of hydrogen-bond acceptors (Lipinski definition) is 4. The molecule has 120 valence electrons. The van der Waals surface area contributed by atoms with E-state index in [0.29, 0.717) is 55.0 Å². The molecule has 2 aliphatic heterocycles. The van der Waals surface area contributed by atoms with Crippen LogP contribution in [0.5, 0.6) is 11.5 Å². The summed E-state index contributed by atoms with van der Waals surface area (Å²) in [5, 5.41) is 0.419. The molecule has 1 amide bonds. The highest BCUT2D eigenvalue weighted by Gasteiger charge is 2.26. The molecule has 1 fully saturated rings. The third kappa shape index (κ3) is 3.15. The van der Waals surface area contributed by atoms with Gasteiger partial charge >= 0.3 is 0 Å². The van der Waals surface area contributed by atoms with E-state index < -0.39 is 0 Å². The summed E-state index contributed by atoms with van der Waals surface area (Å²) in [5.41, 5.74) is 0.533. The van der Waals surface area contributed by atoms with Crippen molar-refractivity contribution in [2.75, 3.05) is 32.9 Å². The van der Waals surface area contributed by atoms with Crippen LogP contribution in [0.3, 0.4) is 0 Å². The third-order valence-corrected chi connectivity index (χ3v) is 4.21. The minimum atomic E-state index is -0.0423. The number of amides is 1. The molecule has 1 aromatic rings. The molecular formula is C16H20ClNO4. The van der Waals surface area contributed by atoms with Gasteiger partial charge in [0.1, 0.15) is 0 Å². The van der Waals surface area contributed by atoms with Crippen LogP contribution in [0.2, 0.25) is 5.02 Å². The maximum atomic E-state index is 12.7. The molecule has 1 aromatic carbocycles. The van der Waals surface area contributed by atoms with Crippen molar-refractivity contribution in [1.82, 2.24) is 4.90 Å². The van der Waals surface area contributed by atoms with Crippen molar-refractivity contribution >= 4 is 17.5 Å².